The first-order valence-electron chi connectivity index (χ1n) is 11.0. The zero-order chi connectivity index (χ0) is 21.0. The number of nitrogens with zero attached hydrogens (tertiary/aromatic N) is 4. The summed E-state index contributed by atoms with van der Waals surface area (Å²) in [5, 5.41) is 10.9. The Labute approximate surface area is 179 Å². The summed E-state index contributed by atoms with van der Waals surface area (Å²) in [5.41, 5.74) is 0.376. The molecule has 0 spiro atoms. The summed E-state index contributed by atoms with van der Waals surface area (Å²) in [5.74, 6) is 0.803. The van der Waals surface area contributed by atoms with Gasteiger partial charge in [-0.25, -0.2) is 4.68 Å². The predicted molar refractivity (Wildman–Crippen MR) is 119 cm³/mol. The Morgan fingerprint density at radius 3 is 2.80 bits per heavy atom. The number of piperidine rings is 1. The second kappa shape index (κ2) is 7.50. The fourth-order valence-corrected chi connectivity index (χ4v) is 5.50. The molecule has 5 rings (SSSR count). The van der Waals surface area contributed by atoms with Crippen LogP contribution in [0.4, 0.5) is 0 Å². The molecule has 1 saturated carbocycles. The monoisotopic (exact) mass is 427 g/mol. The average molecular weight is 428 g/mol. The van der Waals surface area contributed by atoms with Crippen LogP contribution in [0, 0.1) is 0 Å². The summed E-state index contributed by atoms with van der Waals surface area (Å²) in [7, 11) is 0. The minimum absolute atomic E-state index is 0.123. The lowest BCUT2D eigenvalue weighted by molar-refractivity contribution is -0.125. The molecule has 160 valence electrons. The van der Waals surface area contributed by atoms with E-state index >= 15 is 0 Å². The van der Waals surface area contributed by atoms with Gasteiger partial charge < -0.3 is 5.32 Å². The van der Waals surface area contributed by atoms with Crippen molar-refractivity contribution in [2.45, 2.75) is 70.5 Å². The average Bonchev–Trinajstić information content (AvgIpc) is 3.37. The van der Waals surface area contributed by atoms with Crippen molar-refractivity contribution in [3.8, 4) is 0 Å². The highest BCUT2D eigenvalue weighted by molar-refractivity contribution is 7.16. The van der Waals surface area contributed by atoms with Gasteiger partial charge in [0.15, 0.2) is 0 Å². The third-order valence-corrected chi connectivity index (χ3v) is 7.32. The first-order chi connectivity index (χ1) is 14.4. The van der Waals surface area contributed by atoms with Crippen molar-refractivity contribution in [2.75, 3.05) is 13.1 Å². The Kier molecular flexibility index (Phi) is 4.94. The number of thiophene rings is 1. The number of aromatic nitrogens is 3. The van der Waals surface area contributed by atoms with Gasteiger partial charge in [-0.3, -0.25) is 18.9 Å². The zero-order valence-corrected chi connectivity index (χ0v) is 18.6. The maximum absolute atomic E-state index is 13.3. The van der Waals surface area contributed by atoms with Crippen LogP contribution < -0.4 is 10.9 Å². The molecule has 0 aromatic carbocycles. The van der Waals surface area contributed by atoms with Gasteiger partial charge in [-0.2, -0.15) is 5.10 Å². The summed E-state index contributed by atoms with van der Waals surface area (Å²) in [6.45, 7) is 7.95. The van der Waals surface area contributed by atoms with Crippen LogP contribution in [0.5, 0.6) is 0 Å². The zero-order valence-electron chi connectivity index (χ0n) is 17.8. The molecule has 2 aliphatic rings. The third kappa shape index (κ3) is 3.36. The van der Waals surface area contributed by atoms with Crippen LogP contribution in [-0.4, -0.2) is 50.2 Å². The van der Waals surface area contributed by atoms with Crippen LogP contribution >= 0.6 is 11.3 Å². The molecule has 30 heavy (non-hydrogen) atoms. The molecule has 8 heteroatoms. The van der Waals surface area contributed by atoms with Gasteiger partial charge in [-0.1, -0.05) is 13.8 Å². The molecule has 2 fully saturated rings. The third-order valence-electron chi connectivity index (χ3n) is 6.40. The van der Waals surface area contributed by atoms with Gasteiger partial charge in [0.05, 0.1) is 0 Å². The van der Waals surface area contributed by atoms with Gasteiger partial charge in [-0.05, 0) is 56.7 Å². The van der Waals surface area contributed by atoms with E-state index in [2.05, 4.69) is 29.2 Å². The highest BCUT2D eigenvalue weighted by Crippen LogP contribution is 2.30. The molecule has 3 aromatic rings. The molecule has 0 radical (unpaired) electrons. The van der Waals surface area contributed by atoms with E-state index < -0.39 is 6.04 Å². The molecule has 4 heterocycles. The smallest absolute Gasteiger partial charge is 0.291 e. The molecule has 1 saturated heterocycles. The number of amides is 1. The summed E-state index contributed by atoms with van der Waals surface area (Å²) in [4.78, 5) is 29.8. The maximum Gasteiger partial charge on any atom is 0.291 e. The lowest BCUT2D eigenvalue weighted by Crippen LogP contribution is -2.50. The fourth-order valence-electron chi connectivity index (χ4n) is 4.59. The van der Waals surface area contributed by atoms with Crippen LogP contribution in [0.1, 0.15) is 64.2 Å². The van der Waals surface area contributed by atoms with E-state index in [0.717, 1.165) is 42.0 Å². The number of fused-ring (bicyclic) bond motifs is 3. The molecule has 7 nitrogen and oxygen atoms in total. The van der Waals surface area contributed by atoms with E-state index in [-0.39, 0.29) is 23.4 Å². The predicted octanol–water partition coefficient (Wildman–Crippen LogP) is 3.14. The molecular weight excluding hydrogens is 398 g/mol. The number of carbonyl (C=O) groups excluding carboxylic acids is 1. The first kappa shape index (κ1) is 19.8. The van der Waals surface area contributed by atoms with Crippen molar-refractivity contribution in [3.63, 3.8) is 0 Å². The van der Waals surface area contributed by atoms with Crippen molar-refractivity contribution in [2.24, 2.45) is 0 Å². The van der Waals surface area contributed by atoms with Crippen molar-refractivity contribution in [1.29, 1.82) is 0 Å². The van der Waals surface area contributed by atoms with Gasteiger partial charge in [0.1, 0.15) is 22.2 Å². The van der Waals surface area contributed by atoms with E-state index in [1.807, 2.05) is 21.9 Å². The van der Waals surface area contributed by atoms with E-state index in [4.69, 9.17) is 0 Å². The summed E-state index contributed by atoms with van der Waals surface area (Å²) < 4.78 is 3.34. The molecule has 1 amide bonds. The molecular formula is C22H29N5O2S. The minimum Gasteiger partial charge on any atom is -0.350 e. The molecule has 1 unspecified atom stereocenters. The Morgan fingerprint density at radius 2 is 2.07 bits per heavy atom. The van der Waals surface area contributed by atoms with Gasteiger partial charge in [0, 0.05) is 29.9 Å². The van der Waals surface area contributed by atoms with Crippen LogP contribution in [0.3, 0.4) is 0 Å². The molecule has 2 atom stereocenters. The van der Waals surface area contributed by atoms with Gasteiger partial charge in [0.2, 0.25) is 5.91 Å². The number of rotatable bonds is 5. The van der Waals surface area contributed by atoms with E-state index in [1.54, 1.807) is 18.3 Å². The van der Waals surface area contributed by atoms with Gasteiger partial charge in [0.25, 0.3) is 5.56 Å². The minimum atomic E-state index is -0.649. The largest absolute Gasteiger partial charge is 0.350 e. The maximum atomic E-state index is 13.3. The van der Waals surface area contributed by atoms with Crippen LogP contribution in [0.15, 0.2) is 22.3 Å². The lowest BCUT2D eigenvalue weighted by Gasteiger charge is -2.33. The lowest BCUT2D eigenvalue weighted by atomic mass is 10.1. The van der Waals surface area contributed by atoms with Crippen molar-refractivity contribution < 1.29 is 4.79 Å². The Balaban J connectivity index is 1.45. The van der Waals surface area contributed by atoms with Gasteiger partial charge >= 0.3 is 0 Å². The van der Waals surface area contributed by atoms with E-state index in [0.29, 0.717) is 11.6 Å². The highest BCUT2D eigenvalue weighted by Gasteiger charge is 2.33. The summed E-state index contributed by atoms with van der Waals surface area (Å²) in [6.07, 6.45) is 4.67. The Hall–Kier alpha value is -2.19. The standard InChI is InChI=1S/C22H29N5O2S/c1-13(2)19-24-27(21(29)18-11-15-8-10-30-22(15)26(18)19)14(3)20(28)23-16-5-4-9-25(12-16)17-6-7-17/h8,10-11,13-14,16-17H,4-7,9,12H2,1-3H3,(H,23,28)/t14?,16-/m1/s1. The van der Waals surface area contributed by atoms with E-state index in [9.17, 15) is 9.59 Å². The van der Waals surface area contributed by atoms with E-state index in [1.165, 1.54) is 17.5 Å². The Morgan fingerprint density at radius 1 is 1.27 bits per heavy atom. The van der Waals surface area contributed by atoms with Crippen LogP contribution in [0.25, 0.3) is 15.7 Å². The highest BCUT2D eigenvalue weighted by atomic mass is 32.1. The van der Waals surface area contributed by atoms with Crippen molar-refractivity contribution in [3.05, 3.63) is 33.7 Å². The quantitative estimate of drug-likeness (QED) is 0.679. The number of likely N-dealkylation sites (tertiary alicyclic amines) is 1. The van der Waals surface area contributed by atoms with Crippen molar-refractivity contribution >= 4 is 33.0 Å². The van der Waals surface area contributed by atoms with Gasteiger partial charge in [-0.15, -0.1) is 11.3 Å². The SMILES string of the molecule is CC(C)c1nn(C(C)C(=O)N[C@@H]2CCCN(C3CC3)C2)c(=O)c2cc3ccsc3n12. The molecule has 1 aliphatic heterocycles. The topological polar surface area (TPSA) is 71.6 Å². The second-order valence-corrected chi connectivity index (χ2v) is 9.95. The number of hydrogen-bond donors (Lipinski definition) is 1. The number of carbonyl (C=O) groups is 1. The summed E-state index contributed by atoms with van der Waals surface area (Å²) >= 11 is 1.61. The normalized spacial score (nSPS) is 21.5. The molecule has 0 bridgehead atoms. The Bertz CT molecular complexity index is 1160. The van der Waals surface area contributed by atoms with Crippen LogP contribution in [0.2, 0.25) is 0 Å². The summed E-state index contributed by atoms with van der Waals surface area (Å²) in [6, 6.07) is 4.15. The second-order valence-electron chi connectivity index (χ2n) is 9.06. The fraction of sp³-hybridized carbons (Fsp3) is 0.591. The first-order valence-corrected chi connectivity index (χ1v) is 11.9. The van der Waals surface area contributed by atoms with Crippen LogP contribution in [-0.2, 0) is 4.79 Å². The number of hydrogen-bond acceptors (Lipinski definition) is 5. The molecule has 3 aromatic heterocycles. The molecule has 1 aliphatic carbocycles. The van der Waals surface area contributed by atoms with Crippen molar-refractivity contribution in [1.82, 2.24) is 24.4 Å². The molecule has 1 N–H and O–H groups in total. The number of nitrogens with one attached hydrogen (secondary N) is 1.